The Bertz CT molecular complexity index is 287. The molecule has 0 aromatic carbocycles. The quantitative estimate of drug-likeness (QED) is 0.588. The predicted molar refractivity (Wildman–Crippen MR) is 29.3 cm³/mol. The Balaban J connectivity index is 3.24. The largest absolute Gasteiger partial charge is 0.429 e. The second kappa shape index (κ2) is 2.95. The molecule has 0 heterocycles. The Labute approximate surface area is 81.2 Å². The summed E-state index contributed by atoms with van der Waals surface area (Å²) in [6.45, 7) is 0. The van der Waals surface area contributed by atoms with Crippen molar-refractivity contribution in [3.8, 4) is 0 Å². The van der Waals surface area contributed by atoms with Crippen LogP contribution in [-0.2, 0) is 0 Å². The Hall–Kier alpha value is -0.700. The summed E-state index contributed by atoms with van der Waals surface area (Å²) in [4.78, 5) is 0. The van der Waals surface area contributed by atoms with E-state index in [1.54, 1.807) is 0 Å². The SMILES string of the molecule is FC1C(C(F)(F)F)C(F)(C(F)(F)F)C1(F)F. The first-order valence-corrected chi connectivity index (χ1v) is 3.62. The van der Waals surface area contributed by atoms with Crippen molar-refractivity contribution < 1.29 is 43.9 Å². The van der Waals surface area contributed by atoms with Gasteiger partial charge in [-0.05, 0) is 0 Å². The average molecular weight is 264 g/mol. The molecule has 1 aliphatic carbocycles. The summed E-state index contributed by atoms with van der Waals surface area (Å²) in [6, 6.07) is 0. The van der Waals surface area contributed by atoms with Crippen LogP contribution in [0.1, 0.15) is 0 Å². The van der Waals surface area contributed by atoms with Crippen molar-refractivity contribution in [2.24, 2.45) is 5.92 Å². The minimum atomic E-state index is -6.50. The molecule has 0 N–H and O–H groups in total. The Kier molecular flexibility index (Phi) is 2.46. The normalized spacial score (nSPS) is 39.4. The Morgan fingerprint density at radius 3 is 1.38 bits per heavy atom. The van der Waals surface area contributed by atoms with Crippen molar-refractivity contribution in [2.75, 3.05) is 0 Å². The zero-order chi connectivity index (χ0) is 13.2. The molecule has 1 fully saturated rings. The fraction of sp³-hybridized carbons (Fsp3) is 1.00. The van der Waals surface area contributed by atoms with Crippen molar-refractivity contribution >= 4 is 0 Å². The van der Waals surface area contributed by atoms with Crippen LogP contribution in [-0.4, -0.2) is 30.1 Å². The Morgan fingerprint density at radius 2 is 1.19 bits per heavy atom. The molecule has 3 atom stereocenters. The van der Waals surface area contributed by atoms with E-state index < -0.39 is 36.0 Å². The Morgan fingerprint density at radius 1 is 0.812 bits per heavy atom. The van der Waals surface area contributed by atoms with Gasteiger partial charge in [-0.2, -0.15) is 35.1 Å². The van der Waals surface area contributed by atoms with Crippen LogP contribution >= 0.6 is 0 Å². The van der Waals surface area contributed by atoms with Crippen LogP contribution in [0.2, 0.25) is 0 Å². The fourth-order valence-corrected chi connectivity index (χ4v) is 1.48. The predicted octanol–water partition coefficient (Wildman–Crippen LogP) is 3.42. The van der Waals surface area contributed by atoms with Crippen molar-refractivity contribution in [2.45, 2.75) is 30.1 Å². The van der Waals surface area contributed by atoms with E-state index in [4.69, 9.17) is 0 Å². The molecular formula is C6H2F10. The van der Waals surface area contributed by atoms with Gasteiger partial charge in [0.2, 0.25) is 0 Å². The maximum atomic E-state index is 12.8. The van der Waals surface area contributed by atoms with Gasteiger partial charge in [0.15, 0.2) is 6.17 Å². The van der Waals surface area contributed by atoms with Crippen LogP contribution in [0.3, 0.4) is 0 Å². The van der Waals surface area contributed by atoms with Crippen LogP contribution in [0.5, 0.6) is 0 Å². The van der Waals surface area contributed by atoms with E-state index in [1.807, 2.05) is 0 Å². The van der Waals surface area contributed by atoms with Crippen LogP contribution in [0, 0.1) is 5.92 Å². The molecule has 0 amide bonds. The average Bonchev–Trinajstić information content (AvgIpc) is 1.99. The number of hydrogen-bond acceptors (Lipinski definition) is 0. The summed E-state index contributed by atoms with van der Waals surface area (Å²) in [7, 11) is 0. The van der Waals surface area contributed by atoms with E-state index in [0.29, 0.717) is 0 Å². The van der Waals surface area contributed by atoms with Gasteiger partial charge >= 0.3 is 18.3 Å². The highest BCUT2D eigenvalue weighted by Gasteiger charge is 2.92. The van der Waals surface area contributed by atoms with Gasteiger partial charge in [0.25, 0.3) is 5.67 Å². The molecule has 16 heavy (non-hydrogen) atoms. The molecular weight excluding hydrogens is 262 g/mol. The van der Waals surface area contributed by atoms with Crippen LogP contribution in [0.15, 0.2) is 0 Å². The molecule has 96 valence electrons. The molecule has 1 saturated carbocycles. The molecule has 0 saturated heterocycles. The van der Waals surface area contributed by atoms with E-state index in [9.17, 15) is 43.9 Å². The molecule has 1 aliphatic rings. The lowest BCUT2D eigenvalue weighted by Crippen LogP contribution is -2.79. The van der Waals surface area contributed by atoms with Gasteiger partial charge in [0.05, 0.1) is 0 Å². The van der Waals surface area contributed by atoms with E-state index in [0.717, 1.165) is 0 Å². The van der Waals surface area contributed by atoms with Crippen molar-refractivity contribution in [1.29, 1.82) is 0 Å². The van der Waals surface area contributed by atoms with Gasteiger partial charge in [-0.25, -0.2) is 8.78 Å². The highest BCUT2D eigenvalue weighted by molar-refractivity contribution is 5.22. The highest BCUT2D eigenvalue weighted by Crippen LogP contribution is 2.66. The summed E-state index contributed by atoms with van der Waals surface area (Å²) in [5.41, 5.74) is -5.91. The van der Waals surface area contributed by atoms with Crippen molar-refractivity contribution in [3.05, 3.63) is 0 Å². The number of alkyl halides is 10. The molecule has 0 aromatic heterocycles. The molecule has 0 aliphatic heterocycles. The zero-order valence-electron chi connectivity index (χ0n) is 6.93. The van der Waals surface area contributed by atoms with Gasteiger partial charge in [-0.3, -0.25) is 0 Å². The summed E-state index contributed by atoms with van der Waals surface area (Å²) < 4.78 is 120. The smallest absolute Gasteiger partial charge is 0.240 e. The standard InChI is InChI=1S/C6H2F10/c7-2-1(5(11,12)13)3(8,4(2,9)10)6(14,15)16/h1-2H. The summed E-state index contributed by atoms with van der Waals surface area (Å²) in [5.74, 6) is -10.1. The van der Waals surface area contributed by atoms with Gasteiger partial charge in [-0.15, -0.1) is 0 Å². The topological polar surface area (TPSA) is 0 Å². The molecule has 0 spiro atoms. The molecule has 0 bridgehead atoms. The third kappa shape index (κ3) is 1.30. The molecule has 10 heteroatoms. The summed E-state index contributed by atoms with van der Waals surface area (Å²) >= 11 is 0. The maximum absolute atomic E-state index is 12.8. The van der Waals surface area contributed by atoms with Gasteiger partial charge in [0, 0.05) is 0 Å². The summed E-state index contributed by atoms with van der Waals surface area (Å²) in [6.07, 6.45) is -16.8. The fourth-order valence-electron chi connectivity index (χ4n) is 1.48. The molecule has 1 rings (SSSR count). The van der Waals surface area contributed by atoms with E-state index in [-0.39, 0.29) is 0 Å². The highest BCUT2D eigenvalue weighted by atomic mass is 19.4. The van der Waals surface area contributed by atoms with Gasteiger partial charge in [-0.1, -0.05) is 0 Å². The maximum Gasteiger partial charge on any atom is 0.429 e. The van der Waals surface area contributed by atoms with E-state index in [2.05, 4.69) is 0 Å². The van der Waals surface area contributed by atoms with E-state index >= 15 is 0 Å². The van der Waals surface area contributed by atoms with E-state index in [1.165, 1.54) is 0 Å². The second-order valence-electron chi connectivity index (χ2n) is 3.25. The third-order valence-electron chi connectivity index (χ3n) is 2.32. The van der Waals surface area contributed by atoms with Crippen LogP contribution < -0.4 is 0 Å². The molecule has 0 radical (unpaired) electrons. The van der Waals surface area contributed by atoms with Crippen LogP contribution in [0.4, 0.5) is 43.9 Å². The molecule has 3 unspecified atom stereocenters. The minimum Gasteiger partial charge on any atom is -0.240 e. The number of halogens is 10. The third-order valence-corrected chi connectivity index (χ3v) is 2.32. The number of rotatable bonds is 0. The molecule has 0 aromatic rings. The van der Waals surface area contributed by atoms with Crippen molar-refractivity contribution in [3.63, 3.8) is 0 Å². The lowest BCUT2D eigenvalue weighted by molar-refractivity contribution is -0.437. The van der Waals surface area contributed by atoms with Gasteiger partial charge in [0.1, 0.15) is 5.92 Å². The molecule has 0 nitrogen and oxygen atoms in total. The first kappa shape index (κ1) is 13.4. The first-order chi connectivity index (χ1) is 6.78. The zero-order valence-corrected chi connectivity index (χ0v) is 6.93. The lowest BCUT2D eigenvalue weighted by atomic mass is 9.64. The minimum absolute atomic E-state index is 4.24. The van der Waals surface area contributed by atoms with Crippen molar-refractivity contribution in [1.82, 2.24) is 0 Å². The monoisotopic (exact) mass is 264 g/mol. The van der Waals surface area contributed by atoms with Gasteiger partial charge < -0.3 is 0 Å². The summed E-state index contributed by atoms with van der Waals surface area (Å²) in [5, 5.41) is 0. The lowest BCUT2D eigenvalue weighted by Gasteiger charge is -2.52. The number of hydrogen-bond donors (Lipinski definition) is 0. The first-order valence-electron chi connectivity index (χ1n) is 3.62. The van der Waals surface area contributed by atoms with Crippen LogP contribution in [0.25, 0.3) is 0 Å². The second-order valence-corrected chi connectivity index (χ2v) is 3.25.